The summed E-state index contributed by atoms with van der Waals surface area (Å²) in [4.78, 5) is 21.7. The van der Waals surface area contributed by atoms with E-state index in [1.807, 2.05) is 0 Å². The van der Waals surface area contributed by atoms with Crippen LogP contribution < -0.4 is 0 Å². The maximum absolute atomic E-state index is 10.9. The van der Waals surface area contributed by atoms with Crippen molar-refractivity contribution in [1.82, 2.24) is 0 Å². The molecule has 1 aromatic heterocycles. The molecular formula is C13H10O5. The monoisotopic (exact) mass is 246 g/mol. The molecule has 0 unspecified atom stereocenters. The van der Waals surface area contributed by atoms with Crippen LogP contribution in [0.3, 0.4) is 0 Å². The second-order valence-electron chi connectivity index (χ2n) is 3.57. The van der Waals surface area contributed by atoms with Crippen LogP contribution in [-0.2, 0) is 9.53 Å². The van der Waals surface area contributed by atoms with Gasteiger partial charge in [-0.3, -0.25) is 0 Å². The minimum Gasteiger partial charge on any atom is -0.475 e. The molecule has 18 heavy (non-hydrogen) atoms. The molecule has 0 spiro atoms. The Kier molecular flexibility index (Phi) is 3.14. The number of furan rings is 1. The van der Waals surface area contributed by atoms with Gasteiger partial charge in [-0.1, -0.05) is 6.07 Å². The molecule has 0 aliphatic heterocycles. The van der Waals surface area contributed by atoms with Gasteiger partial charge in [-0.15, -0.1) is 0 Å². The van der Waals surface area contributed by atoms with Gasteiger partial charge in [0.2, 0.25) is 5.76 Å². The highest BCUT2D eigenvalue weighted by Crippen LogP contribution is 2.21. The molecule has 1 N–H and O–H groups in total. The van der Waals surface area contributed by atoms with Gasteiger partial charge in [0.1, 0.15) is 5.58 Å². The second kappa shape index (κ2) is 4.75. The summed E-state index contributed by atoms with van der Waals surface area (Å²) >= 11 is 0. The summed E-state index contributed by atoms with van der Waals surface area (Å²) in [6.45, 7) is 0. The van der Waals surface area contributed by atoms with Gasteiger partial charge in [-0.2, -0.15) is 0 Å². The number of ether oxygens (including phenoxy) is 1. The maximum Gasteiger partial charge on any atom is 0.371 e. The number of hydrogen-bond acceptors (Lipinski definition) is 4. The number of fused-ring (bicyclic) bond motifs is 1. The maximum atomic E-state index is 10.9. The Labute approximate surface area is 102 Å². The van der Waals surface area contributed by atoms with Crippen molar-refractivity contribution in [2.45, 2.75) is 0 Å². The molecule has 2 aromatic rings. The zero-order valence-electron chi connectivity index (χ0n) is 9.54. The number of methoxy groups -OCH3 is 1. The number of benzene rings is 1. The molecular weight excluding hydrogens is 236 g/mol. The molecule has 0 atom stereocenters. The molecule has 92 valence electrons. The standard InChI is InChI=1S/C13H10O5/c1-17-12(14)5-3-8-2-4-10-9(6-8)7-11(18-10)13(15)16/h2-7H,1H3,(H,15,16). The highest BCUT2D eigenvalue weighted by atomic mass is 16.5. The normalized spacial score (nSPS) is 10.9. The van der Waals surface area contributed by atoms with Crippen LogP contribution in [0.2, 0.25) is 0 Å². The Morgan fingerprint density at radius 3 is 2.78 bits per heavy atom. The Bertz CT molecular complexity index is 636. The van der Waals surface area contributed by atoms with Crippen LogP contribution in [0.25, 0.3) is 17.0 Å². The number of carbonyl (C=O) groups excluding carboxylic acids is 1. The zero-order valence-corrected chi connectivity index (χ0v) is 9.54. The van der Waals surface area contributed by atoms with Gasteiger partial charge < -0.3 is 14.3 Å². The van der Waals surface area contributed by atoms with E-state index in [4.69, 9.17) is 9.52 Å². The van der Waals surface area contributed by atoms with Crippen LogP contribution in [0.1, 0.15) is 16.1 Å². The fourth-order valence-electron chi connectivity index (χ4n) is 1.50. The van der Waals surface area contributed by atoms with E-state index in [0.717, 1.165) is 5.56 Å². The molecule has 5 heteroatoms. The van der Waals surface area contributed by atoms with Crippen LogP contribution in [0, 0.1) is 0 Å². The number of hydrogen-bond donors (Lipinski definition) is 1. The number of rotatable bonds is 3. The predicted molar refractivity (Wildman–Crippen MR) is 64.2 cm³/mol. The molecule has 5 nitrogen and oxygen atoms in total. The van der Waals surface area contributed by atoms with Crippen molar-refractivity contribution in [1.29, 1.82) is 0 Å². The highest BCUT2D eigenvalue weighted by molar-refractivity contribution is 5.93. The molecule has 0 saturated carbocycles. The lowest BCUT2D eigenvalue weighted by Crippen LogP contribution is -1.93. The third kappa shape index (κ3) is 2.40. The molecule has 0 aliphatic rings. The first kappa shape index (κ1) is 11.9. The van der Waals surface area contributed by atoms with E-state index < -0.39 is 11.9 Å². The van der Waals surface area contributed by atoms with Gasteiger partial charge in [0.05, 0.1) is 7.11 Å². The summed E-state index contributed by atoms with van der Waals surface area (Å²) < 4.78 is 9.59. The SMILES string of the molecule is COC(=O)C=Cc1ccc2oc(C(=O)O)cc2c1. The van der Waals surface area contributed by atoms with Gasteiger partial charge in [-0.05, 0) is 29.8 Å². The first-order chi connectivity index (χ1) is 8.60. The summed E-state index contributed by atoms with van der Waals surface area (Å²) in [5.74, 6) is -1.68. The van der Waals surface area contributed by atoms with E-state index in [9.17, 15) is 9.59 Å². The molecule has 0 amide bonds. The molecule has 2 rings (SSSR count). The molecule has 0 bridgehead atoms. The second-order valence-corrected chi connectivity index (χ2v) is 3.57. The van der Waals surface area contributed by atoms with Crippen molar-refractivity contribution in [2.24, 2.45) is 0 Å². The largest absolute Gasteiger partial charge is 0.475 e. The number of carbonyl (C=O) groups is 2. The fraction of sp³-hybridized carbons (Fsp3) is 0.0769. The Hall–Kier alpha value is -2.56. The van der Waals surface area contributed by atoms with Gasteiger partial charge in [-0.25, -0.2) is 9.59 Å². The molecule has 0 radical (unpaired) electrons. The van der Waals surface area contributed by atoms with E-state index in [-0.39, 0.29) is 5.76 Å². The first-order valence-electron chi connectivity index (χ1n) is 5.13. The molecule has 0 aliphatic carbocycles. The summed E-state index contributed by atoms with van der Waals surface area (Å²) in [5.41, 5.74) is 1.24. The Morgan fingerprint density at radius 2 is 2.11 bits per heavy atom. The van der Waals surface area contributed by atoms with Gasteiger partial charge in [0, 0.05) is 11.5 Å². The Balaban J connectivity index is 2.35. The van der Waals surface area contributed by atoms with Crippen LogP contribution in [-0.4, -0.2) is 24.2 Å². The van der Waals surface area contributed by atoms with Crippen molar-refractivity contribution >= 4 is 29.0 Å². The van der Waals surface area contributed by atoms with Crippen molar-refractivity contribution < 1.29 is 23.8 Å². The van der Waals surface area contributed by atoms with Gasteiger partial charge in [0.15, 0.2) is 0 Å². The fourth-order valence-corrected chi connectivity index (χ4v) is 1.50. The van der Waals surface area contributed by atoms with Gasteiger partial charge >= 0.3 is 11.9 Å². The average Bonchev–Trinajstić information content (AvgIpc) is 2.79. The van der Waals surface area contributed by atoms with E-state index in [1.165, 1.54) is 19.3 Å². The lowest BCUT2D eigenvalue weighted by molar-refractivity contribution is -0.134. The Morgan fingerprint density at radius 1 is 1.33 bits per heavy atom. The molecule has 1 aromatic carbocycles. The van der Waals surface area contributed by atoms with Gasteiger partial charge in [0.25, 0.3) is 0 Å². The third-order valence-electron chi connectivity index (χ3n) is 2.36. The number of aromatic carboxylic acids is 1. The van der Waals surface area contributed by atoms with E-state index in [0.29, 0.717) is 11.0 Å². The van der Waals surface area contributed by atoms with Crippen molar-refractivity contribution in [3.63, 3.8) is 0 Å². The summed E-state index contributed by atoms with van der Waals surface area (Å²) in [5, 5.41) is 9.46. The zero-order chi connectivity index (χ0) is 13.1. The van der Waals surface area contributed by atoms with E-state index >= 15 is 0 Å². The number of esters is 1. The van der Waals surface area contributed by atoms with Crippen LogP contribution in [0.15, 0.2) is 34.8 Å². The predicted octanol–water partition coefficient (Wildman–Crippen LogP) is 2.32. The van der Waals surface area contributed by atoms with Crippen LogP contribution >= 0.6 is 0 Å². The van der Waals surface area contributed by atoms with E-state index in [1.54, 1.807) is 24.3 Å². The third-order valence-corrected chi connectivity index (χ3v) is 2.36. The number of carboxylic acids is 1. The molecule has 0 saturated heterocycles. The topological polar surface area (TPSA) is 76.7 Å². The van der Waals surface area contributed by atoms with Crippen LogP contribution in [0.5, 0.6) is 0 Å². The quantitative estimate of drug-likeness (QED) is 0.664. The molecule has 1 heterocycles. The average molecular weight is 246 g/mol. The summed E-state index contributed by atoms with van der Waals surface area (Å²) in [6.07, 6.45) is 2.87. The van der Waals surface area contributed by atoms with Crippen LogP contribution in [0.4, 0.5) is 0 Å². The highest BCUT2D eigenvalue weighted by Gasteiger charge is 2.10. The minimum absolute atomic E-state index is 0.112. The van der Waals surface area contributed by atoms with Crippen molar-refractivity contribution in [3.8, 4) is 0 Å². The van der Waals surface area contributed by atoms with Crippen molar-refractivity contribution in [2.75, 3.05) is 7.11 Å². The minimum atomic E-state index is -1.11. The smallest absolute Gasteiger partial charge is 0.371 e. The lowest BCUT2D eigenvalue weighted by Gasteiger charge is -1.93. The molecule has 0 fully saturated rings. The summed E-state index contributed by atoms with van der Waals surface area (Å²) in [6, 6.07) is 6.54. The van der Waals surface area contributed by atoms with E-state index in [2.05, 4.69) is 4.74 Å². The lowest BCUT2D eigenvalue weighted by atomic mass is 10.1. The number of carboxylic acid groups (broad SMARTS) is 1. The summed E-state index contributed by atoms with van der Waals surface area (Å²) in [7, 11) is 1.30. The van der Waals surface area contributed by atoms with Crippen molar-refractivity contribution in [3.05, 3.63) is 41.7 Å². The first-order valence-corrected chi connectivity index (χ1v) is 5.13.